The van der Waals surface area contributed by atoms with Crippen molar-refractivity contribution in [1.29, 1.82) is 0 Å². The number of esters is 1. The van der Waals surface area contributed by atoms with Crippen LogP contribution in [0, 0.1) is 18.8 Å². The highest BCUT2D eigenvalue weighted by Gasteiger charge is 2.61. The molecule has 2 amide bonds. The van der Waals surface area contributed by atoms with Crippen molar-refractivity contribution in [2.75, 3.05) is 7.11 Å². The zero-order valence-corrected chi connectivity index (χ0v) is 15.8. The summed E-state index contributed by atoms with van der Waals surface area (Å²) >= 11 is 0. The number of ether oxygens (including phenoxy) is 1. The summed E-state index contributed by atoms with van der Waals surface area (Å²) in [5.74, 6) is -2.47. The van der Waals surface area contributed by atoms with E-state index in [1.165, 1.54) is 12.0 Å². The summed E-state index contributed by atoms with van der Waals surface area (Å²) in [6, 6.07) is 15.8. The lowest BCUT2D eigenvalue weighted by molar-refractivity contribution is -0.148. The fourth-order valence-electron chi connectivity index (χ4n) is 4.36. The number of imide groups is 1. The number of methoxy groups -OCH3 is 1. The molecule has 4 atom stereocenters. The van der Waals surface area contributed by atoms with Gasteiger partial charge in [0.05, 0.1) is 25.5 Å². The second-order valence-corrected chi connectivity index (χ2v) is 7.30. The van der Waals surface area contributed by atoms with Gasteiger partial charge in [-0.25, -0.2) is 0 Å². The number of nitrogens with one attached hydrogen (secondary N) is 1. The van der Waals surface area contributed by atoms with E-state index in [1.807, 2.05) is 61.5 Å². The maximum absolute atomic E-state index is 13.3. The van der Waals surface area contributed by atoms with Gasteiger partial charge in [-0.1, -0.05) is 54.6 Å². The van der Waals surface area contributed by atoms with Gasteiger partial charge in [-0.05, 0) is 23.6 Å². The van der Waals surface area contributed by atoms with Gasteiger partial charge in [0.25, 0.3) is 0 Å². The van der Waals surface area contributed by atoms with Gasteiger partial charge in [0.1, 0.15) is 6.04 Å². The van der Waals surface area contributed by atoms with Gasteiger partial charge in [0, 0.05) is 6.04 Å². The van der Waals surface area contributed by atoms with Crippen molar-refractivity contribution in [2.24, 2.45) is 11.8 Å². The lowest BCUT2D eigenvalue weighted by Crippen LogP contribution is -2.43. The summed E-state index contributed by atoms with van der Waals surface area (Å²) in [7, 11) is 1.29. The highest BCUT2D eigenvalue weighted by atomic mass is 16.5. The number of amides is 2. The maximum atomic E-state index is 13.3. The molecule has 2 aromatic carbocycles. The zero-order valence-electron chi connectivity index (χ0n) is 15.8. The van der Waals surface area contributed by atoms with Crippen LogP contribution in [0.1, 0.15) is 22.7 Å². The quantitative estimate of drug-likeness (QED) is 0.650. The Morgan fingerprint density at radius 2 is 1.64 bits per heavy atom. The van der Waals surface area contributed by atoms with Crippen LogP contribution in [-0.2, 0) is 25.7 Å². The zero-order chi connectivity index (χ0) is 19.8. The van der Waals surface area contributed by atoms with Crippen LogP contribution in [0.5, 0.6) is 0 Å². The SMILES string of the molecule is COC(=O)[C@@H]1N[C@H](c2ccccc2C)[C@@H]2C(=O)N(Cc3ccccc3)C(=O)[C@@H]21. The van der Waals surface area contributed by atoms with Crippen LogP contribution in [0.3, 0.4) is 0 Å². The fraction of sp³-hybridized carbons (Fsp3) is 0.318. The molecule has 28 heavy (non-hydrogen) atoms. The Hall–Kier alpha value is -2.99. The number of fused-ring (bicyclic) bond motifs is 1. The fourth-order valence-corrected chi connectivity index (χ4v) is 4.36. The molecule has 2 saturated heterocycles. The van der Waals surface area contributed by atoms with Crippen LogP contribution < -0.4 is 5.32 Å². The Balaban J connectivity index is 1.72. The van der Waals surface area contributed by atoms with E-state index in [1.54, 1.807) is 0 Å². The van der Waals surface area contributed by atoms with E-state index in [2.05, 4.69) is 5.32 Å². The lowest BCUT2D eigenvalue weighted by atomic mass is 9.85. The Kier molecular flexibility index (Phi) is 4.73. The monoisotopic (exact) mass is 378 g/mol. The molecule has 0 aromatic heterocycles. The lowest BCUT2D eigenvalue weighted by Gasteiger charge is -2.23. The third-order valence-corrected chi connectivity index (χ3v) is 5.73. The molecule has 0 spiro atoms. The Morgan fingerprint density at radius 1 is 1.00 bits per heavy atom. The van der Waals surface area contributed by atoms with E-state index in [4.69, 9.17) is 4.74 Å². The molecule has 6 nitrogen and oxygen atoms in total. The smallest absolute Gasteiger partial charge is 0.323 e. The van der Waals surface area contributed by atoms with Gasteiger partial charge in [-0.3, -0.25) is 24.6 Å². The number of likely N-dealkylation sites (tertiary alicyclic amines) is 1. The predicted molar refractivity (Wildman–Crippen MR) is 102 cm³/mol. The van der Waals surface area contributed by atoms with Gasteiger partial charge < -0.3 is 4.74 Å². The third-order valence-electron chi connectivity index (χ3n) is 5.73. The minimum atomic E-state index is -0.836. The summed E-state index contributed by atoms with van der Waals surface area (Å²) in [5.41, 5.74) is 2.80. The normalized spacial score (nSPS) is 26.4. The first-order valence-electron chi connectivity index (χ1n) is 9.31. The summed E-state index contributed by atoms with van der Waals surface area (Å²) < 4.78 is 4.91. The van der Waals surface area contributed by atoms with E-state index < -0.39 is 29.9 Å². The average molecular weight is 378 g/mol. The molecule has 2 fully saturated rings. The molecule has 2 aliphatic heterocycles. The molecule has 0 radical (unpaired) electrons. The molecule has 0 aliphatic carbocycles. The Bertz CT molecular complexity index is 927. The minimum Gasteiger partial charge on any atom is -0.468 e. The van der Waals surface area contributed by atoms with E-state index in [0.717, 1.165) is 16.7 Å². The largest absolute Gasteiger partial charge is 0.468 e. The molecule has 6 heteroatoms. The Labute approximate surface area is 163 Å². The van der Waals surface area contributed by atoms with Crippen LogP contribution in [0.25, 0.3) is 0 Å². The summed E-state index contributed by atoms with van der Waals surface area (Å²) in [6.45, 7) is 2.17. The molecule has 1 N–H and O–H groups in total. The molecular formula is C22H22N2O4. The van der Waals surface area contributed by atoms with Crippen molar-refractivity contribution in [3.8, 4) is 0 Å². The van der Waals surface area contributed by atoms with E-state index in [-0.39, 0.29) is 18.4 Å². The number of rotatable bonds is 4. The number of hydrogen-bond acceptors (Lipinski definition) is 5. The molecule has 0 unspecified atom stereocenters. The van der Waals surface area contributed by atoms with Crippen molar-refractivity contribution in [2.45, 2.75) is 25.6 Å². The Morgan fingerprint density at radius 3 is 2.32 bits per heavy atom. The second kappa shape index (κ2) is 7.20. The average Bonchev–Trinajstić information content (AvgIpc) is 3.21. The molecule has 0 saturated carbocycles. The first-order valence-corrected chi connectivity index (χ1v) is 9.31. The minimum absolute atomic E-state index is 0.208. The van der Waals surface area contributed by atoms with Crippen molar-refractivity contribution in [3.05, 3.63) is 71.3 Å². The first kappa shape index (κ1) is 18.4. The number of carbonyl (C=O) groups excluding carboxylic acids is 3. The summed E-state index contributed by atoms with van der Waals surface area (Å²) in [6.07, 6.45) is 0. The standard InChI is InChI=1S/C22H22N2O4/c1-13-8-6-7-11-15(13)18-16-17(19(23-18)22(27)28-2)21(26)24(20(16)25)12-14-9-4-3-5-10-14/h3-11,16-19,23H,12H2,1-2H3/t16-,17+,18-,19-/m1/s1. The number of carbonyl (C=O) groups is 3. The van der Waals surface area contributed by atoms with Crippen molar-refractivity contribution in [1.82, 2.24) is 10.2 Å². The highest BCUT2D eigenvalue weighted by molar-refractivity contribution is 6.08. The van der Waals surface area contributed by atoms with Gasteiger partial charge in [-0.2, -0.15) is 0 Å². The van der Waals surface area contributed by atoms with Gasteiger partial charge >= 0.3 is 5.97 Å². The number of nitrogens with zero attached hydrogens (tertiary/aromatic N) is 1. The van der Waals surface area contributed by atoms with E-state index >= 15 is 0 Å². The number of aryl methyl sites for hydroxylation is 1. The topological polar surface area (TPSA) is 75.7 Å². The van der Waals surface area contributed by atoms with Crippen molar-refractivity contribution >= 4 is 17.8 Å². The first-order chi connectivity index (χ1) is 13.5. The van der Waals surface area contributed by atoms with Crippen molar-refractivity contribution < 1.29 is 19.1 Å². The molecule has 0 bridgehead atoms. The number of benzene rings is 2. The summed E-state index contributed by atoms with van der Waals surface area (Å²) in [4.78, 5) is 40.1. The molecular weight excluding hydrogens is 356 g/mol. The highest BCUT2D eigenvalue weighted by Crippen LogP contribution is 2.45. The summed E-state index contributed by atoms with van der Waals surface area (Å²) in [5, 5.41) is 3.20. The van der Waals surface area contributed by atoms with E-state index in [0.29, 0.717) is 0 Å². The third kappa shape index (κ3) is 2.90. The van der Waals surface area contributed by atoms with E-state index in [9.17, 15) is 14.4 Å². The van der Waals surface area contributed by atoms with Gasteiger partial charge in [0.15, 0.2) is 0 Å². The van der Waals surface area contributed by atoms with Gasteiger partial charge in [-0.15, -0.1) is 0 Å². The number of hydrogen-bond donors (Lipinski definition) is 1. The van der Waals surface area contributed by atoms with Crippen LogP contribution in [-0.4, -0.2) is 35.8 Å². The molecule has 2 heterocycles. The molecule has 2 aliphatic rings. The van der Waals surface area contributed by atoms with Crippen molar-refractivity contribution in [3.63, 3.8) is 0 Å². The molecule has 144 valence electrons. The molecule has 4 rings (SSSR count). The van der Waals surface area contributed by atoms with Crippen LogP contribution in [0.4, 0.5) is 0 Å². The molecule has 2 aromatic rings. The second-order valence-electron chi connectivity index (χ2n) is 7.30. The van der Waals surface area contributed by atoms with Gasteiger partial charge in [0.2, 0.25) is 11.8 Å². The van der Waals surface area contributed by atoms with Crippen LogP contribution in [0.2, 0.25) is 0 Å². The van der Waals surface area contributed by atoms with Crippen LogP contribution >= 0.6 is 0 Å². The van der Waals surface area contributed by atoms with Crippen LogP contribution in [0.15, 0.2) is 54.6 Å². The maximum Gasteiger partial charge on any atom is 0.323 e. The predicted octanol–water partition coefficient (Wildman–Crippen LogP) is 1.98.